The van der Waals surface area contributed by atoms with E-state index in [4.69, 9.17) is 27.9 Å². The number of hydrogen-bond donors (Lipinski definition) is 1. The van der Waals surface area contributed by atoms with Gasteiger partial charge in [-0.05, 0) is 41.8 Å². The summed E-state index contributed by atoms with van der Waals surface area (Å²) < 4.78 is 31.2. The van der Waals surface area contributed by atoms with Crippen molar-refractivity contribution in [3.05, 3.63) is 69.7 Å². The van der Waals surface area contributed by atoms with E-state index >= 15 is 0 Å². The van der Waals surface area contributed by atoms with Gasteiger partial charge in [0.25, 0.3) is 5.91 Å². The van der Waals surface area contributed by atoms with E-state index in [1.165, 1.54) is 4.90 Å². The summed E-state index contributed by atoms with van der Waals surface area (Å²) in [4.78, 5) is 26.7. The lowest BCUT2D eigenvalue weighted by molar-refractivity contribution is -0.182. The molecule has 10 heteroatoms. The number of carboxylic acids is 1. The first kappa shape index (κ1) is 26.5. The normalized spacial score (nSPS) is 21.9. The lowest BCUT2D eigenvalue weighted by atomic mass is 9.89. The van der Waals surface area contributed by atoms with Crippen molar-refractivity contribution in [2.45, 2.75) is 51.0 Å². The van der Waals surface area contributed by atoms with Crippen LogP contribution < -0.4 is 0 Å². The molecule has 4 atom stereocenters. The van der Waals surface area contributed by atoms with Crippen LogP contribution in [0.25, 0.3) is 0 Å². The Labute approximate surface area is 209 Å². The standard InChI is InChI=1S/C24H27Cl2NO6S/c1-3-19(14-34(31,32)4-2)27-22(15-8-10-17(25)11-9-15)23(16-6-5-7-18(26)12-16)33-20(24(27)30)13-21(28)29/h5-12,19-20,22-23H,3-4,13-14H2,1-2H3,(H,28,29)/t19?,20-,22+,23+/m0/s1. The first-order chi connectivity index (χ1) is 16.1. The minimum Gasteiger partial charge on any atom is -0.481 e. The molecule has 1 unspecified atom stereocenters. The van der Waals surface area contributed by atoms with Crippen LogP contribution in [0.3, 0.4) is 0 Å². The molecule has 0 saturated carbocycles. The molecule has 1 fully saturated rings. The maximum absolute atomic E-state index is 13.6. The smallest absolute Gasteiger partial charge is 0.306 e. The fraction of sp³-hybridized carbons (Fsp3) is 0.417. The summed E-state index contributed by atoms with van der Waals surface area (Å²) in [6, 6.07) is 12.4. The number of carbonyl (C=O) groups is 2. The number of sulfone groups is 1. The van der Waals surface area contributed by atoms with Crippen LogP contribution >= 0.6 is 23.2 Å². The number of aliphatic carboxylic acids is 1. The van der Waals surface area contributed by atoms with Crippen LogP contribution in [0.1, 0.15) is 50.0 Å². The highest BCUT2D eigenvalue weighted by atomic mass is 35.5. The number of carboxylic acid groups (broad SMARTS) is 1. The molecule has 0 aromatic heterocycles. The SMILES string of the molecule is CCC(CS(=O)(=O)CC)N1C(=O)[C@H](CC(=O)O)O[C@H](c2cccc(Cl)c2)[C@H]1c1ccc(Cl)cc1. The van der Waals surface area contributed by atoms with Gasteiger partial charge >= 0.3 is 5.97 Å². The average molecular weight is 528 g/mol. The summed E-state index contributed by atoms with van der Waals surface area (Å²) in [5.41, 5.74) is 1.33. The topological polar surface area (TPSA) is 101 Å². The lowest BCUT2D eigenvalue weighted by Gasteiger charge is -2.48. The van der Waals surface area contributed by atoms with E-state index < -0.39 is 52.4 Å². The molecule has 0 bridgehead atoms. The Hall–Kier alpha value is -2.13. The van der Waals surface area contributed by atoms with E-state index in [2.05, 4.69) is 0 Å². The van der Waals surface area contributed by atoms with E-state index in [0.717, 1.165) is 0 Å². The molecule has 0 spiro atoms. The molecule has 1 aliphatic heterocycles. The molecule has 2 aromatic rings. The molecule has 0 aliphatic carbocycles. The van der Waals surface area contributed by atoms with Gasteiger partial charge < -0.3 is 14.7 Å². The molecule has 0 radical (unpaired) electrons. The molecular formula is C24H27Cl2NO6S. The maximum Gasteiger partial charge on any atom is 0.306 e. The van der Waals surface area contributed by atoms with Crippen LogP contribution in [-0.2, 0) is 24.2 Å². The van der Waals surface area contributed by atoms with E-state index in [1.807, 2.05) is 0 Å². The number of ether oxygens (including phenoxy) is 1. The number of amides is 1. The summed E-state index contributed by atoms with van der Waals surface area (Å²) >= 11 is 12.3. The second kappa shape index (κ2) is 11.1. The number of carbonyl (C=O) groups excluding carboxylic acids is 1. The molecule has 1 saturated heterocycles. The number of morpholine rings is 1. The van der Waals surface area contributed by atoms with Crippen LogP contribution in [0.5, 0.6) is 0 Å². The quantitative estimate of drug-likeness (QED) is 0.507. The molecule has 7 nitrogen and oxygen atoms in total. The van der Waals surface area contributed by atoms with Crippen molar-refractivity contribution in [3.8, 4) is 0 Å². The molecule has 184 valence electrons. The third-order valence-corrected chi connectivity index (χ3v) is 8.19. The fourth-order valence-electron chi connectivity index (χ4n) is 4.21. The Morgan fingerprint density at radius 2 is 1.76 bits per heavy atom. The minimum atomic E-state index is -3.44. The Bertz CT molecular complexity index is 1140. The van der Waals surface area contributed by atoms with Crippen molar-refractivity contribution < 1.29 is 27.9 Å². The molecule has 3 rings (SSSR count). The van der Waals surface area contributed by atoms with E-state index in [1.54, 1.807) is 62.4 Å². The van der Waals surface area contributed by atoms with Crippen LogP contribution in [0.15, 0.2) is 48.5 Å². The summed E-state index contributed by atoms with van der Waals surface area (Å²) in [5.74, 6) is -2.05. The highest BCUT2D eigenvalue weighted by Gasteiger charge is 2.47. The van der Waals surface area contributed by atoms with Crippen molar-refractivity contribution in [3.63, 3.8) is 0 Å². The Kier molecular flexibility index (Phi) is 8.62. The van der Waals surface area contributed by atoms with Gasteiger partial charge in [0.2, 0.25) is 0 Å². The lowest BCUT2D eigenvalue weighted by Crippen LogP contribution is -2.56. The van der Waals surface area contributed by atoms with Crippen molar-refractivity contribution in [1.29, 1.82) is 0 Å². The summed E-state index contributed by atoms with van der Waals surface area (Å²) in [6.07, 6.45) is -2.24. The summed E-state index contributed by atoms with van der Waals surface area (Å²) in [7, 11) is -3.44. The molecule has 1 aliphatic rings. The predicted octanol–water partition coefficient (Wildman–Crippen LogP) is 4.69. The molecular weight excluding hydrogens is 501 g/mol. The number of halogens is 2. The molecule has 34 heavy (non-hydrogen) atoms. The second-order valence-electron chi connectivity index (χ2n) is 8.20. The van der Waals surface area contributed by atoms with Crippen LogP contribution in [0.2, 0.25) is 10.0 Å². The van der Waals surface area contributed by atoms with Crippen LogP contribution in [0, 0.1) is 0 Å². The number of hydrogen-bond acceptors (Lipinski definition) is 5. The predicted molar refractivity (Wildman–Crippen MR) is 131 cm³/mol. The second-order valence-corrected chi connectivity index (χ2v) is 11.5. The third kappa shape index (κ3) is 6.10. The molecule has 1 amide bonds. The van der Waals surface area contributed by atoms with Gasteiger partial charge in [-0.3, -0.25) is 9.59 Å². The average Bonchev–Trinajstić information content (AvgIpc) is 2.79. The number of rotatable bonds is 9. The monoisotopic (exact) mass is 527 g/mol. The van der Waals surface area contributed by atoms with Gasteiger partial charge in [-0.15, -0.1) is 0 Å². The van der Waals surface area contributed by atoms with Gasteiger partial charge in [-0.25, -0.2) is 8.42 Å². The van der Waals surface area contributed by atoms with Crippen molar-refractivity contribution in [1.82, 2.24) is 4.90 Å². The maximum atomic E-state index is 13.6. The highest BCUT2D eigenvalue weighted by molar-refractivity contribution is 7.91. The molecule has 1 N–H and O–H groups in total. The van der Waals surface area contributed by atoms with Gasteiger partial charge in [0, 0.05) is 21.8 Å². The van der Waals surface area contributed by atoms with Gasteiger partial charge in [0.15, 0.2) is 9.84 Å². The van der Waals surface area contributed by atoms with E-state index in [-0.39, 0.29) is 11.5 Å². The zero-order valence-electron chi connectivity index (χ0n) is 18.9. The summed E-state index contributed by atoms with van der Waals surface area (Å²) in [6.45, 7) is 3.36. The number of nitrogens with zero attached hydrogens (tertiary/aromatic N) is 1. The minimum absolute atomic E-state index is 0.0656. The van der Waals surface area contributed by atoms with Gasteiger partial charge in [-0.1, -0.05) is 61.3 Å². The van der Waals surface area contributed by atoms with E-state index in [9.17, 15) is 23.1 Å². The Morgan fingerprint density at radius 1 is 1.09 bits per heavy atom. The van der Waals surface area contributed by atoms with E-state index in [0.29, 0.717) is 27.6 Å². The van der Waals surface area contributed by atoms with Crippen molar-refractivity contribution in [2.75, 3.05) is 11.5 Å². The zero-order valence-corrected chi connectivity index (χ0v) is 21.2. The molecule has 2 aromatic carbocycles. The largest absolute Gasteiger partial charge is 0.481 e. The van der Waals surface area contributed by atoms with Gasteiger partial charge in [-0.2, -0.15) is 0 Å². The van der Waals surface area contributed by atoms with Crippen molar-refractivity contribution in [2.24, 2.45) is 0 Å². The zero-order chi connectivity index (χ0) is 25.0. The first-order valence-electron chi connectivity index (χ1n) is 11.0. The fourth-order valence-corrected chi connectivity index (χ4v) is 5.75. The third-order valence-electron chi connectivity index (χ3n) is 5.93. The summed E-state index contributed by atoms with van der Waals surface area (Å²) in [5, 5.41) is 10.4. The van der Waals surface area contributed by atoms with Crippen LogP contribution in [0.4, 0.5) is 0 Å². The van der Waals surface area contributed by atoms with Gasteiger partial charge in [0.1, 0.15) is 12.2 Å². The Morgan fingerprint density at radius 3 is 2.32 bits per heavy atom. The van der Waals surface area contributed by atoms with Gasteiger partial charge in [0.05, 0.1) is 18.2 Å². The van der Waals surface area contributed by atoms with Crippen LogP contribution in [-0.4, -0.2) is 54.0 Å². The molecule has 1 heterocycles. The number of benzene rings is 2. The van der Waals surface area contributed by atoms with Crippen molar-refractivity contribution >= 4 is 44.9 Å². The highest BCUT2D eigenvalue weighted by Crippen LogP contribution is 2.44. The first-order valence-corrected chi connectivity index (χ1v) is 13.5. The Balaban J connectivity index is 2.20.